The van der Waals surface area contributed by atoms with E-state index in [2.05, 4.69) is 35.8 Å². The summed E-state index contributed by atoms with van der Waals surface area (Å²) in [6, 6.07) is 14.8. The van der Waals surface area contributed by atoms with Crippen LogP contribution in [-0.2, 0) is 0 Å². The summed E-state index contributed by atoms with van der Waals surface area (Å²) in [4.78, 5) is 41.7. The molecule has 0 spiro atoms. The van der Waals surface area contributed by atoms with Crippen molar-refractivity contribution < 1.29 is 9.59 Å². The van der Waals surface area contributed by atoms with Crippen LogP contribution in [0, 0.1) is 0 Å². The number of para-hydroxylation sites is 2. The molecule has 1 saturated heterocycles. The second-order valence-corrected chi connectivity index (χ2v) is 8.24. The van der Waals surface area contributed by atoms with Gasteiger partial charge in [0.15, 0.2) is 5.82 Å². The number of fused-ring (bicyclic) bond motifs is 3. The van der Waals surface area contributed by atoms with Crippen LogP contribution in [-0.4, -0.2) is 82.8 Å². The summed E-state index contributed by atoms with van der Waals surface area (Å²) in [5.41, 5.74) is 3.68. The third-order valence-corrected chi connectivity index (χ3v) is 6.05. The molecule has 2 amide bonds. The fraction of sp³-hybridized carbons (Fsp3) is 0.167. The Kier molecular flexibility index (Phi) is 5.37. The number of nitrogens with zero attached hydrogens (tertiary/aromatic N) is 9. The van der Waals surface area contributed by atoms with E-state index in [-0.39, 0.29) is 11.8 Å². The van der Waals surface area contributed by atoms with Crippen molar-refractivity contribution >= 4 is 40.0 Å². The van der Waals surface area contributed by atoms with Gasteiger partial charge >= 0.3 is 0 Å². The van der Waals surface area contributed by atoms with Gasteiger partial charge in [-0.25, -0.2) is 9.97 Å². The number of hydrogen-bond donors (Lipinski definition) is 1. The van der Waals surface area contributed by atoms with Crippen LogP contribution in [0.4, 0.5) is 11.5 Å². The molecule has 178 valence electrons. The Hall–Kier alpha value is -5.00. The molecule has 1 N–H and O–H groups in total. The van der Waals surface area contributed by atoms with Gasteiger partial charge in [-0.1, -0.05) is 12.1 Å². The molecule has 0 bridgehead atoms. The van der Waals surface area contributed by atoms with Gasteiger partial charge < -0.3 is 15.1 Å². The predicted molar refractivity (Wildman–Crippen MR) is 130 cm³/mol. The van der Waals surface area contributed by atoms with Gasteiger partial charge in [-0.2, -0.15) is 4.52 Å². The van der Waals surface area contributed by atoms with Crippen LogP contribution < -0.4 is 5.32 Å². The molecule has 12 heteroatoms. The van der Waals surface area contributed by atoms with E-state index in [1.54, 1.807) is 26.4 Å². The first-order valence-electron chi connectivity index (χ1n) is 11.4. The van der Waals surface area contributed by atoms with Gasteiger partial charge in [-0.05, 0) is 46.8 Å². The highest BCUT2D eigenvalue weighted by Gasteiger charge is 2.26. The summed E-state index contributed by atoms with van der Waals surface area (Å²) in [5, 5.41) is 15.2. The number of carbonyl (C=O) groups is 2. The lowest BCUT2D eigenvalue weighted by Gasteiger charge is -2.34. The van der Waals surface area contributed by atoms with E-state index in [0.29, 0.717) is 48.9 Å². The summed E-state index contributed by atoms with van der Waals surface area (Å²) < 4.78 is 1.64. The number of tetrazole rings is 1. The standard InChI is InChI=1S/C24H20N10O2/c35-23(32-11-13-33(14-12-32)24(36)19-15-25-9-10-26-19)16-5-7-17(8-6-16)27-21-22-29-30-31-34(22)20-4-2-1-3-18(20)28-21/h1-10,15H,11-14H2,(H,27,28). The molecule has 0 aliphatic carbocycles. The average Bonchev–Trinajstić information content (AvgIpc) is 3.44. The van der Waals surface area contributed by atoms with Crippen molar-refractivity contribution in [2.75, 3.05) is 31.5 Å². The second-order valence-electron chi connectivity index (χ2n) is 8.24. The van der Waals surface area contributed by atoms with Gasteiger partial charge in [0.1, 0.15) is 5.69 Å². The molecule has 1 aliphatic rings. The summed E-state index contributed by atoms with van der Waals surface area (Å²) >= 11 is 0. The first kappa shape index (κ1) is 21.5. The van der Waals surface area contributed by atoms with Crippen molar-refractivity contribution in [1.29, 1.82) is 0 Å². The van der Waals surface area contributed by atoms with Gasteiger partial charge in [0, 0.05) is 49.8 Å². The van der Waals surface area contributed by atoms with Crippen LogP contribution in [0.1, 0.15) is 20.8 Å². The summed E-state index contributed by atoms with van der Waals surface area (Å²) in [5.74, 6) is 0.257. The van der Waals surface area contributed by atoms with E-state index in [9.17, 15) is 9.59 Å². The summed E-state index contributed by atoms with van der Waals surface area (Å²) in [7, 11) is 0. The largest absolute Gasteiger partial charge is 0.337 e. The van der Waals surface area contributed by atoms with Crippen LogP contribution in [0.15, 0.2) is 67.1 Å². The molecule has 3 aromatic heterocycles. The number of hydrogen-bond acceptors (Lipinski definition) is 9. The third kappa shape index (κ3) is 3.94. The zero-order valence-electron chi connectivity index (χ0n) is 19.0. The van der Waals surface area contributed by atoms with Gasteiger partial charge in [-0.3, -0.25) is 14.6 Å². The zero-order chi connectivity index (χ0) is 24.5. The van der Waals surface area contributed by atoms with Crippen molar-refractivity contribution in [3.05, 3.63) is 78.4 Å². The maximum atomic E-state index is 13.0. The number of carbonyl (C=O) groups excluding carboxylic acids is 2. The molecule has 12 nitrogen and oxygen atoms in total. The average molecular weight is 480 g/mol. The number of rotatable bonds is 4. The van der Waals surface area contributed by atoms with Crippen molar-refractivity contribution in [3.8, 4) is 0 Å². The zero-order valence-corrected chi connectivity index (χ0v) is 19.0. The Morgan fingerprint density at radius 3 is 2.36 bits per heavy atom. The minimum Gasteiger partial charge on any atom is -0.337 e. The van der Waals surface area contributed by atoms with Crippen LogP contribution in [0.5, 0.6) is 0 Å². The highest BCUT2D eigenvalue weighted by molar-refractivity contribution is 5.95. The fourth-order valence-corrected chi connectivity index (χ4v) is 4.19. The van der Waals surface area contributed by atoms with E-state index in [1.165, 1.54) is 18.6 Å². The van der Waals surface area contributed by atoms with Crippen LogP contribution in [0.3, 0.4) is 0 Å². The highest BCUT2D eigenvalue weighted by atomic mass is 16.2. The fourth-order valence-electron chi connectivity index (χ4n) is 4.19. The third-order valence-electron chi connectivity index (χ3n) is 6.05. The number of piperazine rings is 1. The lowest BCUT2D eigenvalue weighted by atomic mass is 10.1. The first-order valence-corrected chi connectivity index (χ1v) is 11.4. The number of amides is 2. The molecule has 2 aromatic carbocycles. The van der Waals surface area contributed by atoms with E-state index < -0.39 is 0 Å². The van der Waals surface area contributed by atoms with Gasteiger partial charge in [-0.15, -0.1) is 5.10 Å². The van der Waals surface area contributed by atoms with E-state index >= 15 is 0 Å². The van der Waals surface area contributed by atoms with Crippen molar-refractivity contribution in [3.63, 3.8) is 0 Å². The molecular formula is C24H20N10O2. The van der Waals surface area contributed by atoms with E-state index in [1.807, 2.05) is 36.4 Å². The monoisotopic (exact) mass is 480 g/mol. The molecule has 0 radical (unpaired) electrons. The summed E-state index contributed by atoms with van der Waals surface area (Å²) in [6.07, 6.45) is 4.47. The van der Waals surface area contributed by atoms with E-state index in [4.69, 9.17) is 0 Å². The molecule has 0 atom stereocenters. The van der Waals surface area contributed by atoms with Crippen LogP contribution in [0.2, 0.25) is 0 Å². The number of nitrogens with one attached hydrogen (secondary N) is 1. The predicted octanol–water partition coefficient (Wildman–Crippen LogP) is 1.80. The molecule has 5 aromatic rings. The molecule has 0 saturated carbocycles. The molecule has 0 unspecified atom stereocenters. The molecule has 1 aliphatic heterocycles. The Morgan fingerprint density at radius 1 is 0.861 bits per heavy atom. The maximum absolute atomic E-state index is 13.0. The van der Waals surface area contributed by atoms with Crippen LogP contribution in [0.25, 0.3) is 16.7 Å². The molecule has 36 heavy (non-hydrogen) atoms. The minimum atomic E-state index is -0.176. The maximum Gasteiger partial charge on any atom is 0.274 e. The smallest absolute Gasteiger partial charge is 0.274 e. The molecule has 6 rings (SSSR count). The minimum absolute atomic E-state index is 0.0824. The van der Waals surface area contributed by atoms with Crippen molar-refractivity contribution in [2.24, 2.45) is 0 Å². The summed E-state index contributed by atoms with van der Waals surface area (Å²) in [6.45, 7) is 1.78. The normalized spacial score (nSPS) is 13.8. The first-order chi connectivity index (χ1) is 17.7. The number of benzene rings is 2. The van der Waals surface area contributed by atoms with Crippen molar-refractivity contribution in [1.82, 2.24) is 44.8 Å². The van der Waals surface area contributed by atoms with Gasteiger partial charge in [0.05, 0.1) is 17.2 Å². The second kappa shape index (κ2) is 8.98. The lowest BCUT2D eigenvalue weighted by Crippen LogP contribution is -2.50. The Bertz CT molecular complexity index is 1560. The quantitative estimate of drug-likeness (QED) is 0.408. The topological polar surface area (TPSA) is 134 Å². The van der Waals surface area contributed by atoms with Crippen molar-refractivity contribution in [2.45, 2.75) is 0 Å². The lowest BCUT2D eigenvalue weighted by molar-refractivity contribution is 0.0532. The number of anilines is 2. The highest BCUT2D eigenvalue weighted by Crippen LogP contribution is 2.23. The van der Waals surface area contributed by atoms with Gasteiger partial charge in [0.25, 0.3) is 11.8 Å². The SMILES string of the molecule is O=C(c1ccc(Nc2nc3ccccc3n3nnnc23)cc1)N1CCN(C(=O)c2cnccn2)CC1. The van der Waals surface area contributed by atoms with Crippen LogP contribution >= 0.6 is 0 Å². The molecule has 4 heterocycles. The molecular weight excluding hydrogens is 460 g/mol. The Labute approximate surface area is 204 Å². The number of aromatic nitrogens is 7. The molecule has 1 fully saturated rings. The van der Waals surface area contributed by atoms with Gasteiger partial charge in [0.2, 0.25) is 5.65 Å². The Balaban J connectivity index is 1.13. The van der Waals surface area contributed by atoms with E-state index in [0.717, 1.165) is 16.7 Å². The Morgan fingerprint density at radius 2 is 1.61 bits per heavy atom.